The van der Waals surface area contributed by atoms with Gasteiger partial charge < -0.3 is 19.9 Å². The van der Waals surface area contributed by atoms with Crippen LogP contribution in [0.15, 0.2) is 30.3 Å². The Labute approximate surface area is 169 Å². The fourth-order valence-corrected chi connectivity index (χ4v) is 4.42. The molecule has 0 spiro atoms. The van der Waals surface area contributed by atoms with Gasteiger partial charge in [-0.1, -0.05) is 30.3 Å². The monoisotopic (exact) mass is 399 g/mol. The molecule has 3 heterocycles. The molecule has 4 rings (SSSR count). The van der Waals surface area contributed by atoms with Gasteiger partial charge in [0.1, 0.15) is 24.7 Å². The second kappa shape index (κ2) is 8.23. The van der Waals surface area contributed by atoms with E-state index in [0.717, 1.165) is 18.4 Å². The molecule has 29 heavy (non-hydrogen) atoms. The molecule has 3 aliphatic rings. The van der Waals surface area contributed by atoms with Crippen molar-refractivity contribution in [2.45, 2.75) is 50.2 Å². The van der Waals surface area contributed by atoms with Gasteiger partial charge in [0.2, 0.25) is 17.7 Å². The average molecular weight is 399 g/mol. The number of rotatable bonds is 3. The quantitative estimate of drug-likeness (QED) is 0.736. The van der Waals surface area contributed by atoms with Crippen LogP contribution in [-0.4, -0.2) is 71.3 Å². The molecule has 3 fully saturated rings. The molecule has 3 amide bonds. The third-order valence-corrected chi connectivity index (χ3v) is 5.86. The summed E-state index contributed by atoms with van der Waals surface area (Å²) in [5.41, 5.74) is 0.824. The molecule has 0 bridgehead atoms. The molecule has 1 N–H and O–H groups in total. The standard InChI is InChI=1S/C21H25N3O5/c25-18(12-14-6-2-1-3-7-14)22-15-13-29-21(28)17-9-5-11-24(17)20(27)16-8-4-10-23(16)19(15)26/h1-3,6-7,15-17H,4-5,8-13H2,(H,22,25)/t15-,16+,17?/m1/s1. The van der Waals surface area contributed by atoms with Crippen LogP contribution in [0.2, 0.25) is 0 Å². The van der Waals surface area contributed by atoms with E-state index in [2.05, 4.69) is 5.32 Å². The third kappa shape index (κ3) is 3.97. The van der Waals surface area contributed by atoms with E-state index in [1.807, 2.05) is 30.3 Å². The molecule has 1 aromatic carbocycles. The lowest BCUT2D eigenvalue weighted by atomic mass is 10.1. The number of benzene rings is 1. The maximum Gasteiger partial charge on any atom is 0.328 e. The number of ether oxygens (including phenoxy) is 1. The largest absolute Gasteiger partial charge is 0.461 e. The Morgan fingerprint density at radius 3 is 2.34 bits per heavy atom. The molecule has 1 unspecified atom stereocenters. The van der Waals surface area contributed by atoms with Crippen LogP contribution in [0.1, 0.15) is 31.2 Å². The topological polar surface area (TPSA) is 96.0 Å². The second-order valence-corrected chi connectivity index (χ2v) is 7.79. The lowest BCUT2D eigenvalue weighted by Crippen LogP contribution is -2.58. The number of nitrogens with one attached hydrogen (secondary N) is 1. The van der Waals surface area contributed by atoms with E-state index in [9.17, 15) is 19.2 Å². The molecule has 0 radical (unpaired) electrons. The van der Waals surface area contributed by atoms with Crippen molar-refractivity contribution >= 4 is 23.7 Å². The third-order valence-electron chi connectivity index (χ3n) is 5.86. The molecule has 3 aliphatic heterocycles. The highest BCUT2D eigenvalue weighted by Crippen LogP contribution is 2.27. The van der Waals surface area contributed by atoms with Gasteiger partial charge in [-0.05, 0) is 31.2 Å². The van der Waals surface area contributed by atoms with Crippen LogP contribution in [0.25, 0.3) is 0 Å². The van der Waals surface area contributed by atoms with Crippen LogP contribution >= 0.6 is 0 Å². The molecule has 1 aromatic rings. The summed E-state index contributed by atoms with van der Waals surface area (Å²) >= 11 is 0. The van der Waals surface area contributed by atoms with Crippen molar-refractivity contribution in [3.05, 3.63) is 35.9 Å². The summed E-state index contributed by atoms with van der Waals surface area (Å²) in [5.74, 6) is -1.39. The Morgan fingerprint density at radius 1 is 0.966 bits per heavy atom. The van der Waals surface area contributed by atoms with Crippen molar-refractivity contribution in [3.63, 3.8) is 0 Å². The molecule has 3 saturated heterocycles. The number of fused-ring (bicyclic) bond motifs is 2. The first-order valence-electron chi connectivity index (χ1n) is 10.2. The Kier molecular flexibility index (Phi) is 5.51. The van der Waals surface area contributed by atoms with Gasteiger partial charge in [-0.25, -0.2) is 4.79 Å². The first-order chi connectivity index (χ1) is 14.0. The van der Waals surface area contributed by atoms with Crippen LogP contribution in [-0.2, 0) is 30.3 Å². The average Bonchev–Trinajstić information content (AvgIpc) is 3.39. The normalized spacial score (nSPS) is 27.3. The van der Waals surface area contributed by atoms with Crippen LogP contribution in [0.5, 0.6) is 0 Å². The van der Waals surface area contributed by atoms with Gasteiger partial charge in [0.05, 0.1) is 6.42 Å². The van der Waals surface area contributed by atoms with E-state index < -0.39 is 24.1 Å². The second-order valence-electron chi connectivity index (χ2n) is 7.79. The summed E-state index contributed by atoms with van der Waals surface area (Å²) in [6.45, 7) is 0.751. The number of carbonyl (C=O) groups excluding carboxylic acids is 4. The Hall–Kier alpha value is -2.90. The molecule has 0 aromatic heterocycles. The highest BCUT2D eigenvalue weighted by molar-refractivity contribution is 5.95. The fraction of sp³-hybridized carbons (Fsp3) is 0.524. The van der Waals surface area contributed by atoms with E-state index in [4.69, 9.17) is 4.74 Å². The molecule has 0 aliphatic carbocycles. The highest BCUT2D eigenvalue weighted by atomic mass is 16.5. The summed E-state index contributed by atoms with van der Waals surface area (Å²) in [7, 11) is 0. The Balaban J connectivity index is 1.53. The zero-order valence-electron chi connectivity index (χ0n) is 16.2. The van der Waals surface area contributed by atoms with Gasteiger partial charge in [0.15, 0.2) is 0 Å². The Morgan fingerprint density at radius 2 is 1.62 bits per heavy atom. The Bertz CT molecular complexity index is 812. The van der Waals surface area contributed by atoms with Crippen molar-refractivity contribution in [2.75, 3.05) is 19.7 Å². The number of hydrogen-bond acceptors (Lipinski definition) is 5. The zero-order chi connectivity index (χ0) is 20.4. The number of hydrogen-bond donors (Lipinski definition) is 1. The first-order valence-corrected chi connectivity index (χ1v) is 10.2. The van der Waals surface area contributed by atoms with Crippen molar-refractivity contribution in [2.24, 2.45) is 0 Å². The van der Waals surface area contributed by atoms with E-state index >= 15 is 0 Å². The van der Waals surface area contributed by atoms with Crippen LogP contribution in [0.4, 0.5) is 0 Å². The zero-order valence-corrected chi connectivity index (χ0v) is 16.2. The summed E-state index contributed by atoms with van der Waals surface area (Å²) < 4.78 is 5.37. The summed E-state index contributed by atoms with van der Waals surface area (Å²) in [6, 6.07) is 7.05. The maximum atomic E-state index is 13.1. The lowest BCUT2D eigenvalue weighted by molar-refractivity contribution is -0.161. The molecule has 8 nitrogen and oxygen atoms in total. The van der Waals surface area contributed by atoms with Crippen LogP contribution in [0.3, 0.4) is 0 Å². The van der Waals surface area contributed by atoms with Gasteiger partial charge in [-0.15, -0.1) is 0 Å². The minimum Gasteiger partial charge on any atom is -0.461 e. The maximum absolute atomic E-state index is 13.1. The van der Waals surface area contributed by atoms with Crippen molar-refractivity contribution in [3.8, 4) is 0 Å². The number of carbonyl (C=O) groups is 4. The molecule has 0 saturated carbocycles. The number of esters is 1. The summed E-state index contributed by atoms with van der Waals surface area (Å²) in [4.78, 5) is 54.3. The highest BCUT2D eigenvalue weighted by Gasteiger charge is 2.45. The molecule has 3 atom stereocenters. The molecule has 154 valence electrons. The van der Waals surface area contributed by atoms with Gasteiger partial charge in [-0.3, -0.25) is 14.4 Å². The minimum atomic E-state index is -0.989. The minimum absolute atomic E-state index is 0.122. The molecular weight excluding hydrogens is 374 g/mol. The predicted molar refractivity (Wildman–Crippen MR) is 103 cm³/mol. The number of amides is 3. The van der Waals surface area contributed by atoms with Gasteiger partial charge in [0.25, 0.3) is 0 Å². The van der Waals surface area contributed by atoms with Crippen LogP contribution < -0.4 is 5.32 Å². The van der Waals surface area contributed by atoms with E-state index in [1.54, 1.807) is 9.80 Å². The fourth-order valence-electron chi connectivity index (χ4n) is 4.42. The lowest BCUT2D eigenvalue weighted by Gasteiger charge is -2.34. The molecular formula is C21H25N3O5. The van der Waals surface area contributed by atoms with Crippen molar-refractivity contribution in [1.82, 2.24) is 15.1 Å². The van der Waals surface area contributed by atoms with E-state index in [-0.39, 0.29) is 30.7 Å². The van der Waals surface area contributed by atoms with Crippen molar-refractivity contribution in [1.29, 1.82) is 0 Å². The van der Waals surface area contributed by atoms with Crippen LogP contribution in [0, 0.1) is 0 Å². The van der Waals surface area contributed by atoms with Crippen molar-refractivity contribution < 1.29 is 23.9 Å². The van der Waals surface area contributed by atoms with Gasteiger partial charge in [-0.2, -0.15) is 0 Å². The number of nitrogens with zero attached hydrogens (tertiary/aromatic N) is 2. The van der Waals surface area contributed by atoms with Gasteiger partial charge in [0, 0.05) is 13.1 Å². The summed E-state index contributed by atoms with van der Waals surface area (Å²) in [6.07, 6.45) is 2.73. The first kappa shape index (κ1) is 19.4. The summed E-state index contributed by atoms with van der Waals surface area (Å²) in [5, 5.41) is 2.71. The van der Waals surface area contributed by atoms with E-state index in [0.29, 0.717) is 25.9 Å². The van der Waals surface area contributed by atoms with E-state index in [1.165, 1.54) is 0 Å². The number of cyclic esters (lactones) is 1. The molecule has 8 heteroatoms. The van der Waals surface area contributed by atoms with Gasteiger partial charge >= 0.3 is 5.97 Å². The smallest absolute Gasteiger partial charge is 0.328 e. The predicted octanol–water partition coefficient (Wildman–Crippen LogP) is 0.253. The SMILES string of the molecule is O=C(Cc1ccccc1)N[C@@H]1COC(=O)C2CCCN2C(=O)[C@@H]2CCCN2C1=O.